The second-order valence-electron chi connectivity index (χ2n) is 2.98. The van der Waals surface area contributed by atoms with Crippen LogP contribution >= 0.6 is 0 Å². The second kappa shape index (κ2) is 9.01. The van der Waals surface area contributed by atoms with E-state index in [1.165, 1.54) is 26.1 Å². The summed E-state index contributed by atoms with van der Waals surface area (Å²) in [5.74, 6) is 0. The molecule has 12 heavy (non-hydrogen) atoms. The van der Waals surface area contributed by atoms with E-state index in [0.717, 1.165) is 19.5 Å². The van der Waals surface area contributed by atoms with Gasteiger partial charge >= 0.3 is 0 Å². The number of nitrogens with zero attached hydrogens (tertiary/aromatic N) is 1. The van der Waals surface area contributed by atoms with Crippen LogP contribution in [0.15, 0.2) is 0 Å². The van der Waals surface area contributed by atoms with E-state index in [2.05, 4.69) is 31.0 Å². The van der Waals surface area contributed by atoms with Gasteiger partial charge in [-0.05, 0) is 45.6 Å². The Morgan fingerprint density at radius 1 is 1.17 bits per heavy atom. The van der Waals surface area contributed by atoms with Gasteiger partial charge in [0.25, 0.3) is 0 Å². The molecule has 73 valence electrons. The molecule has 0 unspecified atom stereocenters. The first kappa shape index (κ1) is 11.9. The quantitative estimate of drug-likeness (QED) is 0.557. The summed E-state index contributed by atoms with van der Waals surface area (Å²) in [6, 6.07) is 0. The predicted molar refractivity (Wildman–Crippen MR) is 55.2 cm³/mol. The molecule has 0 rings (SSSR count). The highest BCUT2D eigenvalue weighted by Crippen LogP contribution is 1.88. The van der Waals surface area contributed by atoms with Crippen LogP contribution in [-0.4, -0.2) is 37.6 Å². The third-order valence-electron chi connectivity index (χ3n) is 2.08. The lowest BCUT2D eigenvalue weighted by molar-refractivity contribution is 0.298. The average molecular weight is 171 g/mol. The van der Waals surface area contributed by atoms with Gasteiger partial charge in [-0.1, -0.05) is 20.8 Å². The fraction of sp³-hybridized carbons (Fsp3) is 0.900. The second-order valence-corrected chi connectivity index (χ2v) is 2.98. The monoisotopic (exact) mass is 171 g/mol. The van der Waals surface area contributed by atoms with Crippen LogP contribution in [-0.2, 0) is 0 Å². The summed E-state index contributed by atoms with van der Waals surface area (Å²) in [6.07, 6.45) is 2.24. The summed E-state index contributed by atoms with van der Waals surface area (Å²) in [5.41, 5.74) is 0. The van der Waals surface area contributed by atoms with E-state index in [0.29, 0.717) is 0 Å². The van der Waals surface area contributed by atoms with Crippen LogP contribution < -0.4 is 5.32 Å². The van der Waals surface area contributed by atoms with E-state index < -0.39 is 0 Å². The zero-order valence-electron chi connectivity index (χ0n) is 8.60. The van der Waals surface area contributed by atoms with Crippen LogP contribution in [0.25, 0.3) is 0 Å². The molecule has 0 atom stereocenters. The minimum atomic E-state index is 0.991. The van der Waals surface area contributed by atoms with Gasteiger partial charge in [-0.15, -0.1) is 0 Å². The third-order valence-corrected chi connectivity index (χ3v) is 2.08. The summed E-state index contributed by atoms with van der Waals surface area (Å²) < 4.78 is 0. The van der Waals surface area contributed by atoms with E-state index in [9.17, 15) is 0 Å². The lowest BCUT2D eigenvalue weighted by atomic mass is 10.3. The summed E-state index contributed by atoms with van der Waals surface area (Å²) in [6.45, 7) is 14.0. The Labute approximate surface area is 77.3 Å². The fourth-order valence-electron chi connectivity index (χ4n) is 1.22. The maximum atomic E-state index is 3.78. The minimum absolute atomic E-state index is 0.991. The van der Waals surface area contributed by atoms with Gasteiger partial charge in [-0.25, -0.2) is 0 Å². The van der Waals surface area contributed by atoms with Crippen LogP contribution in [0.4, 0.5) is 0 Å². The molecular weight excluding hydrogens is 148 g/mol. The highest BCUT2D eigenvalue weighted by Gasteiger charge is 1.96. The first-order valence-corrected chi connectivity index (χ1v) is 5.07. The van der Waals surface area contributed by atoms with Gasteiger partial charge in [0.05, 0.1) is 0 Å². The van der Waals surface area contributed by atoms with Gasteiger partial charge in [-0.3, -0.25) is 0 Å². The van der Waals surface area contributed by atoms with Crippen molar-refractivity contribution < 1.29 is 0 Å². The number of hydrogen-bond donors (Lipinski definition) is 1. The van der Waals surface area contributed by atoms with Gasteiger partial charge in [0.2, 0.25) is 0 Å². The molecule has 0 fully saturated rings. The Balaban J connectivity index is 3.06. The van der Waals surface area contributed by atoms with Crippen molar-refractivity contribution in [3.05, 3.63) is 6.92 Å². The predicted octanol–water partition coefficient (Wildman–Crippen LogP) is 1.53. The molecule has 0 aliphatic rings. The lowest BCUT2D eigenvalue weighted by Gasteiger charge is -2.17. The Bertz CT molecular complexity index is 79.9. The lowest BCUT2D eigenvalue weighted by Crippen LogP contribution is -2.27. The highest BCUT2D eigenvalue weighted by molar-refractivity contribution is 4.55. The van der Waals surface area contributed by atoms with Gasteiger partial charge in [0.15, 0.2) is 0 Å². The topological polar surface area (TPSA) is 15.3 Å². The van der Waals surface area contributed by atoms with Crippen molar-refractivity contribution >= 4 is 0 Å². The molecule has 1 radical (unpaired) electrons. The van der Waals surface area contributed by atoms with Gasteiger partial charge in [-0.2, -0.15) is 0 Å². The van der Waals surface area contributed by atoms with E-state index >= 15 is 0 Å². The average Bonchev–Trinajstić information content (AvgIpc) is 2.11. The van der Waals surface area contributed by atoms with Crippen molar-refractivity contribution in [3.63, 3.8) is 0 Å². The normalized spacial score (nSPS) is 11.0. The Morgan fingerprint density at radius 2 is 1.83 bits per heavy atom. The number of rotatable bonds is 8. The number of hydrogen-bond acceptors (Lipinski definition) is 2. The summed E-state index contributed by atoms with van der Waals surface area (Å²) in [4.78, 5) is 2.45. The summed E-state index contributed by atoms with van der Waals surface area (Å²) >= 11 is 0. The molecule has 0 aliphatic heterocycles. The van der Waals surface area contributed by atoms with Crippen LogP contribution in [0.3, 0.4) is 0 Å². The maximum absolute atomic E-state index is 3.78. The van der Waals surface area contributed by atoms with Crippen molar-refractivity contribution in [2.24, 2.45) is 0 Å². The van der Waals surface area contributed by atoms with Crippen LogP contribution in [0.2, 0.25) is 0 Å². The minimum Gasteiger partial charge on any atom is -0.317 e. The molecule has 0 bridgehead atoms. The zero-order chi connectivity index (χ0) is 9.23. The molecule has 0 aromatic rings. The van der Waals surface area contributed by atoms with Gasteiger partial charge < -0.3 is 10.2 Å². The van der Waals surface area contributed by atoms with Crippen molar-refractivity contribution in [3.8, 4) is 0 Å². The fourth-order valence-corrected chi connectivity index (χ4v) is 1.22. The van der Waals surface area contributed by atoms with Crippen LogP contribution in [0.5, 0.6) is 0 Å². The summed E-state index contributed by atoms with van der Waals surface area (Å²) in [7, 11) is 0. The maximum Gasteiger partial charge on any atom is -0.000687 e. The molecule has 0 spiro atoms. The molecule has 0 saturated carbocycles. The van der Waals surface area contributed by atoms with Crippen LogP contribution in [0, 0.1) is 6.92 Å². The largest absolute Gasteiger partial charge is 0.317 e. The van der Waals surface area contributed by atoms with Gasteiger partial charge in [0.1, 0.15) is 0 Å². The van der Waals surface area contributed by atoms with E-state index in [1.54, 1.807) is 0 Å². The SMILES string of the molecule is [CH2]CCNCCCN(CC)CC. The van der Waals surface area contributed by atoms with E-state index in [-0.39, 0.29) is 0 Å². The molecule has 1 N–H and O–H groups in total. The summed E-state index contributed by atoms with van der Waals surface area (Å²) in [5, 5.41) is 3.35. The Hall–Kier alpha value is -0.0800. The van der Waals surface area contributed by atoms with Crippen molar-refractivity contribution in [1.29, 1.82) is 0 Å². The zero-order valence-corrected chi connectivity index (χ0v) is 8.60. The standard InChI is InChI=1S/C10H23N2/c1-4-8-11-9-7-10-12(5-2)6-3/h11H,1,4-10H2,2-3H3. The van der Waals surface area contributed by atoms with Crippen LogP contribution in [0.1, 0.15) is 26.7 Å². The molecule has 0 aromatic carbocycles. The third kappa shape index (κ3) is 6.62. The first-order valence-electron chi connectivity index (χ1n) is 5.07. The van der Waals surface area contributed by atoms with E-state index in [4.69, 9.17) is 0 Å². The molecule has 0 saturated heterocycles. The molecule has 0 amide bonds. The van der Waals surface area contributed by atoms with Crippen molar-refractivity contribution in [2.45, 2.75) is 26.7 Å². The first-order chi connectivity index (χ1) is 5.85. The molecule has 0 aliphatic carbocycles. The van der Waals surface area contributed by atoms with Crippen molar-refractivity contribution in [1.82, 2.24) is 10.2 Å². The highest BCUT2D eigenvalue weighted by atomic mass is 15.1. The molecule has 2 heteroatoms. The molecule has 0 aromatic heterocycles. The van der Waals surface area contributed by atoms with E-state index in [1.807, 2.05) is 0 Å². The number of nitrogens with one attached hydrogen (secondary N) is 1. The Kier molecular flexibility index (Phi) is 8.95. The molecule has 2 nitrogen and oxygen atoms in total. The Morgan fingerprint density at radius 3 is 2.33 bits per heavy atom. The smallest absolute Gasteiger partial charge is 0.000687 e. The molecular formula is C10H23N2. The molecule has 0 heterocycles. The van der Waals surface area contributed by atoms with Crippen molar-refractivity contribution in [2.75, 3.05) is 32.7 Å². The van der Waals surface area contributed by atoms with Gasteiger partial charge in [0, 0.05) is 0 Å².